The summed E-state index contributed by atoms with van der Waals surface area (Å²) in [5.41, 5.74) is 5.99. The van der Waals surface area contributed by atoms with Crippen molar-refractivity contribution in [2.75, 3.05) is 12.3 Å². The Morgan fingerprint density at radius 3 is 2.64 bits per heavy atom. The van der Waals surface area contributed by atoms with Crippen LogP contribution in [0.4, 0.5) is 19.0 Å². The van der Waals surface area contributed by atoms with Gasteiger partial charge in [0.15, 0.2) is 5.82 Å². The molecule has 3 N–H and O–H groups in total. The van der Waals surface area contributed by atoms with E-state index in [2.05, 4.69) is 15.0 Å². The average Bonchev–Trinajstić information content (AvgIpc) is 2.59. The van der Waals surface area contributed by atoms with Gasteiger partial charge in [-0.05, 0) is 43.4 Å². The minimum Gasteiger partial charge on any atom is -0.507 e. The normalized spacial score (nSPS) is 24.4. The first-order valence-electron chi connectivity index (χ1n) is 8.91. The molecule has 6 nitrogen and oxygen atoms in total. The van der Waals surface area contributed by atoms with Crippen molar-refractivity contribution in [3.8, 4) is 17.0 Å². The number of aliphatic imine (C=N–C) groups is 1. The van der Waals surface area contributed by atoms with Crippen molar-refractivity contribution in [3.63, 3.8) is 0 Å². The number of benzene rings is 1. The number of fused-ring (bicyclic) bond motifs is 2. The summed E-state index contributed by atoms with van der Waals surface area (Å²) in [4.78, 5) is 12.9. The fourth-order valence-electron chi connectivity index (χ4n) is 3.66. The Morgan fingerprint density at radius 1 is 1.32 bits per heavy atom. The van der Waals surface area contributed by atoms with Gasteiger partial charge in [-0.1, -0.05) is 0 Å². The van der Waals surface area contributed by atoms with Gasteiger partial charge in [0, 0.05) is 5.56 Å². The summed E-state index contributed by atoms with van der Waals surface area (Å²) in [6, 6.07) is 1.70. The molecule has 2 bridgehead atoms. The lowest BCUT2D eigenvalue weighted by Gasteiger charge is -2.44. The van der Waals surface area contributed by atoms with E-state index in [-0.39, 0.29) is 28.7 Å². The highest BCUT2D eigenvalue weighted by Crippen LogP contribution is 2.40. The molecule has 5 rings (SSSR count). The zero-order valence-corrected chi connectivity index (χ0v) is 15.1. The molecule has 28 heavy (non-hydrogen) atoms. The number of aromatic nitrogens is 2. The number of aryl methyl sites for hydroxylation is 1. The van der Waals surface area contributed by atoms with Crippen LogP contribution in [0.5, 0.6) is 5.75 Å². The lowest BCUT2D eigenvalue weighted by Crippen LogP contribution is -2.47. The van der Waals surface area contributed by atoms with Crippen molar-refractivity contribution < 1.29 is 23.0 Å². The third kappa shape index (κ3) is 3.42. The van der Waals surface area contributed by atoms with Crippen molar-refractivity contribution in [1.29, 1.82) is 0 Å². The average molecular weight is 392 g/mol. The molecule has 0 amide bonds. The monoisotopic (exact) mass is 392 g/mol. The van der Waals surface area contributed by atoms with Gasteiger partial charge in [0.05, 0.1) is 42.4 Å². The van der Waals surface area contributed by atoms with Crippen LogP contribution in [0.2, 0.25) is 0 Å². The number of hydrogen-bond donors (Lipinski definition) is 2. The summed E-state index contributed by atoms with van der Waals surface area (Å²) >= 11 is 0. The standard InChI is InChI=1S/C19H19F3N4O2/c1-9-2-11(19(20,21)22)5-16(27)17(9)13-6-24-14(18(23)26-13)7-25-15-8-28-12-3-10(15)4-12/h2,5-7,10,12,15,27H,3-4,8H2,1H3,(H2,23,26). The molecule has 1 aromatic heterocycles. The van der Waals surface area contributed by atoms with Gasteiger partial charge >= 0.3 is 6.18 Å². The van der Waals surface area contributed by atoms with Crippen LogP contribution < -0.4 is 5.73 Å². The highest BCUT2D eigenvalue weighted by Gasteiger charge is 2.40. The molecule has 3 fully saturated rings. The zero-order valence-electron chi connectivity index (χ0n) is 15.1. The number of alkyl halides is 3. The van der Waals surface area contributed by atoms with Gasteiger partial charge in [-0.3, -0.25) is 4.99 Å². The number of ether oxygens (including phenoxy) is 1. The van der Waals surface area contributed by atoms with Crippen LogP contribution in [-0.4, -0.2) is 40.0 Å². The van der Waals surface area contributed by atoms with Crippen LogP contribution >= 0.6 is 0 Å². The van der Waals surface area contributed by atoms with Crippen molar-refractivity contribution in [2.45, 2.75) is 38.1 Å². The summed E-state index contributed by atoms with van der Waals surface area (Å²) in [6.07, 6.45) is 0.792. The van der Waals surface area contributed by atoms with Gasteiger partial charge in [0.1, 0.15) is 11.4 Å². The minimum absolute atomic E-state index is 0.0760. The smallest absolute Gasteiger partial charge is 0.416 e. The molecule has 3 aliphatic rings. The number of nitrogens with zero attached hydrogens (tertiary/aromatic N) is 3. The van der Waals surface area contributed by atoms with Crippen molar-refractivity contribution in [1.82, 2.24) is 9.97 Å². The van der Waals surface area contributed by atoms with E-state index >= 15 is 0 Å². The highest BCUT2D eigenvalue weighted by molar-refractivity contribution is 5.84. The maximum atomic E-state index is 12.9. The van der Waals surface area contributed by atoms with Crippen LogP contribution in [-0.2, 0) is 10.9 Å². The van der Waals surface area contributed by atoms with Crippen LogP contribution in [0.15, 0.2) is 23.3 Å². The Labute approximate surface area is 159 Å². The number of nitrogen functional groups attached to an aromatic ring is 1. The Hall–Kier alpha value is -2.68. The summed E-state index contributed by atoms with van der Waals surface area (Å²) in [6.45, 7) is 2.04. The molecule has 1 atom stereocenters. The van der Waals surface area contributed by atoms with E-state index < -0.39 is 17.5 Å². The second kappa shape index (κ2) is 6.73. The minimum atomic E-state index is -4.55. The first-order valence-corrected chi connectivity index (χ1v) is 8.91. The summed E-state index contributed by atoms with van der Waals surface area (Å²) in [7, 11) is 0. The third-order valence-electron chi connectivity index (χ3n) is 5.29. The molecule has 2 saturated heterocycles. The Morgan fingerprint density at radius 2 is 2.07 bits per heavy atom. The van der Waals surface area contributed by atoms with Crippen LogP contribution in [0.25, 0.3) is 11.3 Å². The van der Waals surface area contributed by atoms with Crippen molar-refractivity contribution >= 4 is 12.0 Å². The maximum Gasteiger partial charge on any atom is 0.416 e. The zero-order chi connectivity index (χ0) is 20.1. The summed E-state index contributed by atoms with van der Waals surface area (Å²) in [5.74, 6) is 0.0831. The van der Waals surface area contributed by atoms with E-state index in [9.17, 15) is 18.3 Å². The number of rotatable bonds is 3. The molecule has 1 aliphatic carbocycles. The first kappa shape index (κ1) is 18.7. The predicted octanol–water partition coefficient (Wildman–Crippen LogP) is 3.35. The number of hydrogen-bond acceptors (Lipinski definition) is 6. The topological polar surface area (TPSA) is 93.6 Å². The van der Waals surface area contributed by atoms with Crippen molar-refractivity contribution in [3.05, 3.63) is 35.2 Å². The number of anilines is 1. The largest absolute Gasteiger partial charge is 0.507 e. The Balaban J connectivity index is 1.59. The molecule has 0 radical (unpaired) electrons. The fraction of sp³-hybridized carbons (Fsp3) is 0.421. The number of halogens is 3. The Bertz CT molecular complexity index is 914. The molecule has 3 heterocycles. The number of nitrogens with two attached hydrogens (primary N) is 1. The van der Waals surface area contributed by atoms with E-state index in [1.807, 2.05) is 0 Å². The molecule has 1 aromatic carbocycles. The SMILES string of the molecule is Cc1cc(C(F)(F)F)cc(O)c1-c1cnc(C=NC2COC3CC2C3)c(N)n1. The first-order chi connectivity index (χ1) is 13.2. The van der Waals surface area contributed by atoms with Crippen molar-refractivity contribution in [2.24, 2.45) is 10.9 Å². The van der Waals surface area contributed by atoms with Gasteiger partial charge in [-0.2, -0.15) is 13.2 Å². The van der Waals surface area contributed by atoms with E-state index in [0.717, 1.165) is 18.9 Å². The van der Waals surface area contributed by atoms with Crippen LogP contribution in [0, 0.1) is 12.8 Å². The lowest BCUT2D eigenvalue weighted by molar-refractivity contribution is -0.137. The molecule has 148 valence electrons. The molecule has 1 saturated carbocycles. The third-order valence-corrected chi connectivity index (χ3v) is 5.29. The fourth-order valence-corrected chi connectivity index (χ4v) is 3.66. The highest BCUT2D eigenvalue weighted by atomic mass is 19.4. The van der Waals surface area contributed by atoms with E-state index in [0.29, 0.717) is 30.4 Å². The molecular weight excluding hydrogens is 373 g/mol. The van der Waals surface area contributed by atoms with Gasteiger partial charge in [0.25, 0.3) is 0 Å². The second-order valence-corrected chi connectivity index (χ2v) is 7.24. The number of phenolic OH excluding ortho intramolecular Hbond substituents is 1. The maximum absolute atomic E-state index is 12.9. The molecule has 0 spiro atoms. The number of aromatic hydroxyl groups is 1. The van der Waals surface area contributed by atoms with Gasteiger partial charge < -0.3 is 15.6 Å². The summed E-state index contributed by atoms with van der Waals surface area (Å²) in [5, 5.41) is 10.1. The molecule has 2 aromatic rings. The van der Waals surface area contributed by atoms with Gasteiger partial charge in [-0.25, -0.2) is 9.97 Å². The lowest BCUT2D eigenvalue weighted by atomic mass is 9.75. The van der Waals surface area contributed by atoms with Gasteiger partial charge in [0.2, 0.25) is 0 Å². The Kier molecular flexibility index (Phi) is 4.49. The van der Waals surface area contributed by atoms with E-state index in [1.54, 1.807) is 6.21 Å². The molecule has 2 aliphatic heterocycles. The number of phenols is 1. The quantitative estimate of drug-likeness (QED) is 0.782. The molecule has 1 unspecified atom stereocenters. The van der Waals surface area contributed by atoms with E-state index in [1.165, 1.54) is 13.1 Å². The molecular formula is C19H19F3N4O2. The van der Waals surface area contributed by atoms with Crippen LogP contribution in [0.1, 0.15) is 29.7 Å². The van der Waals surface area contributed by atoms with Gasteiger partial charge in [-0.15, -0.1) is 0 Å². The molecule has 9 heteroatoms. The summed E-state index contributed by atoms with van der Waals surface area (Å²) < 4.78 is 44.3. The van der Waals surface area contributed by atoms with E-state index in [4.69, 9.17) is 10.5 Å². The second-order valence-electron chi connectivity index (χ2n) is 7.24. The predicted molar refractivity (Wildman–Crippen MR) is 97.1 cm³/mol. The van der Waals surface area contributed by atoms with Crippen LogP contribution in [0.3, 0.4) is 0 Å².